The number of carbonyl (C=O) groups is 1. The maximum Gasteiger partial charge on any atom is 0.222 e. The SMILES string of the molecule is COc1ccc(OC2CC[C@H]3[C@@H]4CCC5N(C)C(=O)CC[C@]5(C)[C@@H]4CC[C@]23C)cc1. The highest BCUT2D eigenvalue weighted by Crippen LogP contribution is 2.65. The van der Waals surface area contributed by atoms with E-state index in [4.69, 9.17) is 9.47 Å². The molecule has 4 heteroatoms. The molecule has 5 rings (SSSR count). The summed E-state index contributed by atoms with van der Waals surface area (Å²) in [4.78, 5) is 14.4. The molecule has 0 radical (unpaired) electrons. The molecule has 0 aromatic heterocycles. The predicted octanol–water partition coefficient (Wildman–Crippen LogP) is 5.31. The van der Waals surface area contributed by atoms with Gasteiger partial charge in [-0.05, 0) is 92.4 Å². The molecule has 4 aliphatic rings. The second-order valence-electron chi connectivity index (χ2n) is 10.9. The van der Waals surface area contributed by atoms with Gasteiger partial charge in [-0.1, -0.05) is 13.8 Å². The van der Waals surface area contributed by atoms with Gasteiger partial charge in [0.15, 0.2) is 0 Å². The molecule has 1 saturated heterocycles. The lowest BCUT2D eigenvalue weighted by atomic mass is 9.47. The number of amides is 1. The molecule has 1 aromatic carbocycles. The number of nitrogens with zero attached hydrogens (tertiary/aromatic N) is 1. The number of carbonyl (C=O) groups excluding carboxylic acids is 1. The van der Waals surface area contributed by atoms with E-state index in [0.717, 1.165) is 48.5 Å². The van der Waals surface area contributed by atoms with Crippen molar-refractivity contribution < 1.29 is 14.3 Å². The maximum atomic E-state index is 12.3. The van der Waals surface area contributed by atoms with Crippen molar-refractivity contribution in [2.24, 2.45) is 28.6 Å². The molecule has 1 amide bonds. The van der Waals surface area contributed by atoms with Crippen molar-refractivity contribution in [3.8, 4) is 11.5 Å². The van der Waals surface area contributed by atoms with Crippen LogP contribution < -0.4 is 9.47 Å². The van der Waals surface area contributed by atoms with Gasteiger partial charge in [-0.2, -0.15) is 0 Å². The van der Waals surface area contributed by atoms with E-state index in [0.29, 0.717) is 23.5 Å². The van der Waals surface area contributed by atoms with E-state index in [2.05, 4.69) is 18.7 Å². The first-order valence-corrected chi connectivity index (χ1v) is 11.9. The summed E-state index contributed by atoms with van der Waals surface area (Å²) in [5, 5.41) is 0. The lowest BCUT2D eigenvalue weighted by molar-refractivity contribution is -0.159. The van der Waals surface area contributed by atoms with Crippen LogP contribution in [0.2, 0.25) is 0 Å². The minimum absolute atomic E-state index is 0.265. The summed E-state index contributed by atoms with van der Waals surface area (Å²) in [5.41, 5.74) is 0.558. The molecule has 3 saturated carbocycles. The number of fused-ring (bicyclic) bond motifs is 5. The van der Waals surface area contributed by atoms with Crippen LogP contribution >= 0.6 is 0 Å². The van der Waals surface area contributed by atoms with Crippen molar-refractivity contribution in [2.45, 2.75) is 77.4 Å². The Morgan fingerprint density at radius 1 is 0.900 bits per heavy atom. The van der Waals surface area contributed by atoms with Crippen LogP contribution in [0.3, 0.4) is 0 Å². The smallest absolute Gasteiger partial charge is 0.222 e. The summed E-state index contributed by atoms with van der Waals surface area (Å²) in [6.07, 6.45) is 9.56. The van der Waals surface area contributed by atoms with Crippen molar-refractivity contribution in [1.29, 1.82) is 0 Å². The Kier molecular flexibility index (Phi) is 4.83. The fourth-order valence-corrected chi connectivity index (χ4v) is 8.11. The van der Waals surface area contributed by atoms with Gasteiger partial charge in [0.1, 0.15) is 17.6 Å². The number of benzene rings is 1. The van der Waals surface area contributed by atoms with Crippen LogP contribution in [0.1, 0.15) is 65.2 Å². The molecule has 1 heterocycles. The Bertz CT molecular complexity index is 807. The Labute approximate surface area is 181 Å². The summed E-state index contributed by atoms with van der Waals surface area (Å²) >= 11 is 0. The molecule has 4 nitrogen and oxygen atoms in total. The number of hydrogen-bond acceptors (Lipinski definition) is 3. The summed E-state index contributed by atoms with van der Waals surface area (Å²) in [7, 11) is 3.75. The first-order valence-electron chi connectivity index (χ1n) is 11.9. The number of ether oxygens (including phenoxy) is 2. The number of methoxy groups -OCH3 is 1. The van der Waals surface area contributed by atoms with Crippen molar-refractivity contribution in [2.75, 3.05) is 14.2 Å². The molecule has 0 N–H and O–H groups in total. The van der Waals surface area contributed by atoms with Crippen molar-refractivity contribution in [3.63, 3.8) is 0 Å². The summed E-state index contributed by atoms with van der Waals surface area (Å²) in [6, 6.07) is 8.51. The van der Waals surface area contributed by atoms with Gasteiger partial charge in [0.05, 0.1) is 7.11 Å². The highest BCUT2D eigenvalue weighted by atomic mass is 16.5. The van der Waals surface area contributed by atoms with Gasteiger partial charge in [-0.25, -0.2) is 0 Å². The van der Waals surface area contributed by atoms with Crippen molar-refractivity contribution in [1.82, 2.24) is 4.90 Å². The highest BCUT2D eigenvalue weighted by Gasteiger charge is 2.61. The monoisotopic (exact) mass is 411 g/mol. The topological polar surface area (TPSA) is 38.8 Å². The zero-order valence-electron chi connectivity index (χ0n) is 19.0. The second kappa shape index (κ2) is 7.17. The molecule has 1 aliphatic heterocycles. The lowest BCUT2D eigenvalue weighted by Crippen LogP contribution is -2.61. The van der Waals surface area contributed by atoms with Gasteiger partial charge < -0.3 is 14.4 Å². The highest BCUT2D eigenvalue weighted by molar-refractivity contribution is 5.77. The van der Waals surface area contributed by atoms with Gasteiger partial charge in [-0.3, -0.25) is 4.79 Å². The largest absolute Gasteiger partial charge is 0.497 e. The van der Waals surface area contributed by atoms with Crippen LogP contribution in [0.4, 0.5) is 0 Å². The Balaban J connectivity index is 1.35. The second-order valence-corrected chi connectivity index (χ2v) is 10.9. The third-order valence-electron chi connectivity index (χ3n) is 9.81. The van der Waals surface area contributed by atoms with Crippen LogP contribution in [0, 0.1) is 28.6 Å². The van der Waals surface area contributed by atoms with E-state index < -0.39 is 0 Å². The molecule has 164 valence electrons. The number of piperidine rings is 1. The maximum absolute atomic E-state index is 12.3. The molecule has 3 aliphatic carbocycles. The third kappa shape index (κ3) is 2.89. The first kappa shape index (κ1) is 20.2. The molecule has 7 atom stereocenters. The van der Waals surface area contributed by atoms with Crippen molar-refractivity contribution >= 4 is 5.91 Å². The average Bonchev–Trinajstić information content (AvgIpc) is 3.08. The van der Waals surface area contributed by atoms with E-state index >= 15 is 0 Å². The Hall–Kier alpha value is -1.71. The Morgan fingerprint density at radius 3 is 2.33 bits per heavy atom. The number of rotatable bonds is 3. The van der Waals surface area contributed by atoms with Crippen LogP contribution in [0.15, 0.2) is 24.3 Å². The van der Waals surface area contributed by atoms with Gasteiger partial charge in [0.25, 0.3) is 0 Å². The van der Waals surface area contributed by atoms with Crippen LogP contribution in [-0.2, 0) is 4.79 Å². The van der Waals surface area contributed by atoms with E-state index in [-0.39, 0.29) is 5.41 Å². The first-order chi connectivity index (χ1) is 14.4. The number of likely N-dealkylation sites (tertiary alicyclic amines) is 1. The fourth-order valence-electron chi connectivity index (χ4n) is 8.11. The van der Waals surface area contributed by atoms with Gasteiger partial charge in [-0.15, -0.1) is 0 Å². The molecule has 1 aromatic rings. The standard InChI is InChI=1S/C26H37NO3/c1-25-16-14-24(28)27(3)22(25)11-9-19-20-10-12-23(26(20,2)15-13-21(19)25)30-18-7-5-17(29-4)6-8-18/h5-8,19-23H,9-16H2,1-4H3/t19-,20-,21+,22?,23?,25+,26-/m0/s1. The van der Waals surface area contributed by atoms with E-state index in [9.17, 15) is 4.79 Å². The van der Waals surface area contributed by atoms with E-state index in [1.807, 2.05) is 31.3 Å². The van der Waals surface area contributed by atoms with Crippen LogP contribution in [0.5, 0.6) is 11.5 Å². The van der Waals surface area contributed by atoms with E-state index in [1.165, 1.54) is 32.1 Å². The van der Waals surface area contributed by atoms with Crippen molar-refractivity contribution in [3.05, 3.63) is 24.3 Å². The molecular formula is C26H37NO3. The normalized spacial score (nSPS) is 42.9. The van der Waals surface area contributed by atoms with Crippen LogP contribution in [0.25, 0.3) is 0 Å². The molecule has 2 unspecified atom stereocenters. The molecule has 30 heavy (non-hydrogen) atoms. The quantitative estimate of drug-likeness (QED) is 0.677. The minimum atomic E-state index is 0.265. The zero-order valence-corrected chi connectivity index (χ0v) is 19.0. The van der Waals surface area contributed by atoms with Gasteiger partial charge in [0.2, 0.25) is 5.91 Å². The minimum Gasteiger partial charge on any atom is -0.497 e. The van der Waals surface area contributed by atoms with E-state index in [1.54, 1.807) is 7.11 Å². The Morgan fingerprint density at radius 2 is 1.60 bits per heavy atom. The van der Waals surface area contributed by atoms with Gasteiger partial charge >= 0.3 is 0 Å². The zero-order chi connectivity index (χ0) is 21.1. The molecular weight excluding hydrogens is 374 g/mol. The summed E-state index contributed by atoms with van der Waals surface area (Å²) < 4.78 is 11.9. The number of hydrogen-bond donors (Lipinski definition) is 0. The lowest BCUT2D eigenvalue weighted by Gasteiger charge is -2.61. The van der Waals surface area contributed by atoms with Crippen LogP contribution in [-0.4, -0.2) is 37.1 Å². The van der Waals surface area contributed by atoms with Gasteiger partial charge in [0, 0.05) is 24.9 Å². The predicted molar refractivity (Wildman–Crippen MR) is 118 cm³/mol. The molecule has 0 spiro atoms. The third-order valence-corrected chi connectivity index (χ3v) is 9.81. The molecule has 4 fully saturated rings. The summed E-state index contributed by atoms with van der Waals surface area (Å²) in [5.74, 6) is 4.48. The fraction of sp³-hybridized carbons (Fsp3) is 0.731. The summed E-state index contributed by atoms with van der Waals surface area (Å²) in [6.45, 7) is 5.00. The average molecular weight is 412 g/mol. The molecule has 0 bridgehead atoms.